The van der Waals surface area contributed by atoms with Crippen molar-refractivity contribution in [3.05, 3.63) is 70.2 Å². The molecule has 0 spiro atoms. The Morgan fingerprint density at radius 1 is 1.26 bits per heavy atom. The van der Waals surface area contributed by atoms with E-state index in [0.717, 1.165) is 35.5 Å². The molecule has 176 valence electrons. The minimum absolute atomic E-state index is 0.0461. The smallest absolute Gasteiger partial charge is 0.278 e. The number of carbonyl (C=O) groups is 2. The molecule has 7 nitrogen and oxygen atoms in total. The van der Waals surface area contributed by atoms with Crippen LogP contribution in [0, 0.1) is 6.92 Å². The van der Waals surface area contributed by atoms with E-state index >= 15 is 0 Å². The number of carbonyl (C=O) groups excluding carboxylic acids is 2. The lowest BCUT2D eigenvalue weighted by molar-refractivity contribution is -0.133. The lowest BCUT2D eigenvalue weighted by Gasteiger charge is -2.27. The van der Waals surface area contributed by atoms with Gasteiger partial charge in [0, 0.05) is 24.0 Å². The SMILES string of the molecule is Cc1ccccc1C1CCc2cc(Oc3ncc(CNC(=O)CN4CCCC4=O)s3)ccc2O1. The Bertz CT molecular complexity index is 1210. The Morgan fingerprint density at radius 2 is 2.15 bits per heavy atom. The van der Waals surface area contributed by atoms with Crippen LogP contribution < -0.4 is 14.8 Å². The predicted octanol–water partition coefficient (Wildman–Crippen LogP) is 4.55. The van der Waals surface area contributed by atoms with Crippen LogP contribution >= 0.6 is 11.3 Å². The molecule has 2 aliphatic heterocycles. The Labute approximate surface area is 202 Å². The molecule has 1 saturated heterocycles. The van der Waals surface area contributed by atoms with Gasteiger partial charge in [-0.3, -0.25) is 9.59 Å². The maximum Gasteiger partial charge on any atom is 0.278 e. The van der Waals surface area contributed by atoms with E-state index in [0.29, 0.717) is 30.5 Å². The number of ether oxygens (including phenoxy) is 2. The molecule has 0 radical (unpaired) electrons. The van der Waals surface area contributed by atoms with Gasteiger partial charge in [-0.05, 0) is 61.1 Å². The van der Waals surface area contributed by atoms with Gasteiger partial charge in [0.05, 0.1) is 13.1 Å². The summed E-state index contributed by atoms with van der Waals surface area (Å²) in [4.78, 5) is 30.6. The number of aryl methyl sites for hydroxylation is 2. The Kier molecular flexibility index (Phi) is 6.49. The fraction of sp³-hybridized carbons (Fsp3) is 0.346. The van der Waals surface area contributed by atoms with Crippen molar-refractivity contribution in [3.63, 3.8) is 0 Å². The van der Waals surface area contributed by atoms with Crippen molar-refractivity contribution in [2.45, 2.75) is 45.3 Å². The Balaban J connectivity index is 1.16. The average molecular weight is 478 g/mol. The van der Waals surface area contributed by atoms with E-state index in [1.165, 1.54) is 22.5 Å². The highest BCUT2D eigenvalue weighted by Crippen LogP contribution is 2.38. The summed E-state index contributed by atoms with van der Waals surface area (Å²) >= 11 is 1.39. The molecule has 2 amide bonds. The molecule has 5 rings (SSSR count). The minimum atomic E-state index is -0.162. The Morgan fingerprint density at radius 3 is 2.97 bits per heavy atom. The van der Waals surface area contributed by atoms with E-state index in [2.05, 4.69) is 35.4 Å². The van der Waals surface area contributed by atoms with Crippen LogP contribution in [0.3, 0.4) is 0 Å². The second-order valence-electron chi connectivity index (χ2n) is 8.66. The van der Waals surface area contributed by atoms with E-state index in [-0.39, 0.29) is 24.5 Å². The third kappa shape index (κ3) is 5.07. The number of likely N-dealkylation sites (tertiary alicyclic amines) is 1. The van der Waals surface area contributed by atoms with Crippen LogP contribution in [-0.2, 0) is 22.6 Å². The molecule has 1 fully saturated rings. The maximum absolute atomic E-state index is 12.1. The summed E-state index contributed by atoms with van der Waals surface area (Å²) in [5.74, 6) is 1.50. The number of thiazole rings is 1. The number of fused-ring (bicyclic) bond motifs is 1. The van der Waals surface area contributed by atoms with Gasteiger partial charge in [0.25, 0.3) is 5.19 Å². The summed E-state index contributed by atoms with van der Waals surface area (Å²) in [6.45, 7) is 3.25. The van der Waals surface area contributed by atoms with Gasteiger partial charge in [-0.15, -0.1) is 0 Å². The normalized spacial score (nSPS) is 17.3. The van der Waals surface area contributed by atoms with Gasteiger partial charge in [-0.2, -0.15) is 0 Å². The zero-order valence-electron chi connectivity index (χ0n) is 19.1. The van der Waals surface area contributed by atoms with Gasteiger partial charge in [-0.1, -0.05) is 35.6 Å². The second-order valence-corrected chi connectivity index (χ2v) is 9.74. The molecule has 0 saturated carbocycles. The molecule has 1 N–H and O–H groups in total. The monoisotopic (exact) mass is 477 g/mol. The first-order chi connectivity index (χ1) is 16.5. The van der Waals surface area contributed by atoms with Crippen molar-refractivity contribution in [1.82, 2.24) is 15.2 Å². The zero-order chi connectivity index (χ0) is 23.5. The Hall–Kier alpha value is -3.39. The average Bonchev–Trinajstić information content (AvgIpc) is 3.46. The fourth-order valence-corrected chi connectivity index (χ4v) is 5.12. The standard InChI is InChI=1S/C26H27N3O4S/c1-17-5-2-3-6-21(17)23-10-8-18-13-19(9-11-22(18)33-23)32-26-28-15-20(34-26)14-27-24(30)16-29-12-4-7-25(29)31/h2-3,5-6,9,11,13,15,23H,4,7-8,10,12,14,16H2,1H3,(H,27,30). The van der Waals surface area contributed by atoms with Crippen molar-refractivity contribution in [3.8, 4) is 16.7 Å². The molecule has 3 heterocycles. The highest BCUT2D eigenvalue weighted by molar-refractivity contribution is 7.13. The van der Waals surface area contributed by atoms with E-state index in [1.807, 2.05) is 24.3 Å². The van der Waals surface area contributed by atoms with Gasteiger partial charge in [0.1, 0.15) is 17.6 Å². The van der Waals surface area contributed by atoms with Gasteiger partial charge in [0.15, 0.2) is 0 Å². The molecule has 0 bridgehead atoms. The molecule has 3 aromatic rings. The van der Waals surface area contributed by atoms with Crippen LogP contribution in [-0.4, -0.2) is 34.8 Å². The number of rotatable bonds is 7. The summed E-state index contributed by atoms with van der Waals surface area (Å²) in [6.07, 6.45) is 4.97. The second kappa shape index (κ2) is 9.85. The number of amides is 2. The van der Waals surface area contributed by atoms with Crippen LogP contribution in [0.2, 0.25) is 0 Å². The van der Waals surface area contributed by atoms with E-state index in [1.54, 1.807) is 11.1 Å². The van der Waals surface area contributed by atoms with Crippen molar-refractivity contribution in [1.29, 1.82) is 0 Å². The van der Waals surface area contributed by atoms with Crippen LogP contribution in [0.25, 0.3) is 0 Å². The topological polar surface area (TPSA) is 80.8 Å². The summed E-state index contributed by atoms with van der Waals surface area (Å²) in [6, 6.07) is 14.2. The molecule has 1 unspecified atom stereocenters. The molecule has 1 atom stereocenters. The summed E-state index contributed by atoms with van der Waals surface area (Å²) < 4.78 is 12.3. The number of benzene rings is 2. The lowest BCUT2D eigenvalue weighted by atomic mass is 9.95. The molecule has 2 aliphatic rings. The predicted molar refractivity (Wildman–Crippen MR) is 129 cm³/mol. The molecular formula is C26H27N3O4S. The number of hydrogen-bond donors (Lipinski definition) is 1. The quantitative estimate of drug-likeness (QED) is 0.540. The largest absolute Gasteiger partial charge is 0.485 e. The molecule has 1 aromatic heterocycles. The van der Waals surface area contributed by atoms with Crippen LogP contribution in [0.5, 0.6) is 16.7 Å². The maximum atomic E-state index is 12.1. The number of nitrogens with one attached hydrogen (secondary N) is 1. The van der Waals surface area contributed by atoms with E-state index < -0.39 is 0 Å². The minimum Gasteiger partial charge on any atom is -0.485 e. The van der Waals surface area contributed by atoms with E-state index in [9.17, 15) is 9.59 Å². The van der Waals surface area contributed by atoms with Crippen molar-refractivity contribution in [2.75, 3.05) is 13.1 Å². The fourth-order valence-electron chi connectivity index (χ4n) is 4.40. The third-order valence-corrected chi connectivity index (χ3v) is 7.09. The summed E-state index contributed by atoms with van der Waals surface area (Å²) in [5.41, 5.74) is 3.61. The van der Waals surface area contributed by atoms with Crippen LogP contribution in [0.4, 0.5) is 0 Å². The highest BCUT2D eigenvalue weighted by Gasteiger charge is 2.24. The molecule has 8 heteroatoms. The number of aromatic nitrogens is 1. The number of hydrogen-bond acceptors (Lipinski definition) is 6. The van der Waals surface area contributed by atoms with Gasteiger partial charge >= 0.3 is 0 Å². The first-order valence-corrected chi connectivity index (χ1v) is 12.4. The van der Waals surface area contributed by atoms with Crippen LogP contribution in [0.15, 0.2) is 48.7 Å². The zero-order valence-corrected chi connectivity index (χ0v) is 19.9. The van der Waals surface area contributed by atoms with Crippen molar-refractivity contribution in [2.24, 2.45) is 0 Å². The first kappa shape index (κ1) is 22.4. The third-order valence-electron chi connectivity index (χ3n) is 6.22. The molecule has 0 aliphatic carbocycles. The van der Waals surface area contributed by atoms with Crippen molar-refractivity contribution < 1.29 is 19.1 Å². The van der Waals surface area contributed by atoms with Crippen LogP contribution in [0.1, 0.15) is 46.9 Å². The molecule has 2 aromatic carbocycles. The van der Waals surface area contributed by atoms with Gasteiger partial charge in [-0.25, -0.2) is 4.98 Å². The summed E-state index contributed by atoms with van der Waals surface area (Å²) in [7, 11) is 0. The van der Waals surface area contributed by atoms with E-state index in [4.69, 9.17) is 9.47 Å². The van der Waals surface area contributed by atoms with Crippen molar-refractivity contribution >= 4 is 23.2 Å². The summed E-state index contributed by atoms with van der Waals surface area (Å²) in [5, 5.41) is 3.37. The highest BCUT2D eigenvalue weighted by atomic mass is 32.1. The molecular weight excluding hydrogens is 450 g/mol. The number of nitrogens with zero attached hydrogens (tertiary/aromatic N) is 2. The first-order valence-electron chi connectivity index (χ1n) is 11.6. The van der Waals surface area contributed by atoms with Gasteiger partial charge in [0.2, 0.25) is 11.8 Å². The van der Waals surface area contributed by atoms with Gasteiger partial charge < -0.3 is 19.7 Å². The lowest BCUT2D eigenvalue weighted by Crippen LogP contribution is -2.37. The molecule has 34 heavy (non-hydrogen) atoms.